The summed E-state index contributed by atoms with van der Waals surface area (Å²) in [4.78, 5) is 10.2. The number of primary amides is 1. The Kier molecular flexibility index (Phi) is 2.49. The van der Waals surface area contributed by atoms with Crippen LogP contribution >= 0.6 is 0 Å². The third kappa shape index (κ3) is 2.71. The lowest BCUT2D eigenvalue weighted by Crippen LogP contribution is -2.19. The van der Waals surface area contributed by atoms with Gasteiger partial charge < -0.3 is 10.5 Å². The van der Waals surface area contributed by atoms with Crippen LogP contribution in [0.1, 0.15) is 0 Å². The number of hydrogen-bond acceptors (Lipinski definition) is 2. The van der Waals surface area contributed by atoms with Crippen LogP contribution in [-0.4, -0.2) is 12.5 Å². The van der Waals surface area contributed by atoms with E-state index < -0.39 is 5.91 Å². The van der Waals surface area contributed by atoms with Crippen LogP contribution in [0.5, 0.6) is 5.75 Å². The Bertz CT molecular complexity index is 233. The fourth-order valence-corrected chi connectivity index (χ4v) is 0.575. The van der Waals surface area contributed by atoms with E-state index in [1.54, 1.807) is 18.2 Å². The summed E-state index contributed by atoms with van der Waals surface area (Å²) in [5.74, 6) is 0.0557. The lowest BCUT2D eigenvalue weighted by molar-refractivity contribution is -0.119. The molecule has 0 aromatic heterocycles. The van der Waals surface area contributed by atoms with Crippen molar-refractivity contribution in [3.63, 3.8) is 0 Å². The first-order valence-electron chi connectivity index (χ1n) is 3.07. The molecule has 0 heterocycles. The van der Waals surface area contributed by atoms with Crippen LogP contribution in [0, 0.1) is 12.1 Å². The monoisotopic (exact) mass is 149 g/mol. The van der Waals surface area contributed by atoms with Gasteiger partial charge in [-0.25, -0.2) is 0 Å². The van der Waals surface area contributed by atoms with Crippen molar-refractivity contribution in [3.05, 3.63) is 30.3 Å². The topological polar surface area (TPSA) is 52.3 Å². The minimum Gasteiger partial charge on any atom is -0.484 e. The average molecular weight is 149 g/mol. The van der Waals surface area contributed by atoms with Gasteiger partial charge in [0.25, 0.3) is 5.91 Å². The second-order valence-corrected chi connectivity index (χ2v) is 1.92. The molecular weight excluding hydrogens is 142 g/mol. The molecule has 0 saturated carbocycles. The lowest BCUT2D eigenvalue weighted by Gasteiger charge is -2.00. The maximum atomic E-state index is 10.2. The van der Waals surface area contributed by atoms with Crippen molar-refractivity contribution in [1.29, 1.82) is 0 Å². The van der Waals surface area contributed by atoms with Crippen molar-refractivity contribution in [3.8, 4) is 5.75 Å². The van der Waals surface area contributed by atoms with E-state index in [0.717, 1.165) is 0 Å². The maximum Gasteiger partial charge on any atom is 0.255 e. The predicted octanol–water partition coefficient (Wildman–Crippen LogP) is 0.151. The summed E-state index contributed by atoms with van der Waals surface area (Å²) in [6, 6.07) is 10.3. The number of carbonyl (C=O) groups is 1. The molecule has 1 aromatic rings. The Morgan fingerprint density at radius 3 is 2.73 bits per heavy atom. The van der Waals surface area contributed by atoms with Crippen molar-refractivity contribution in [1.82, 2.24) is 0 Å². The molecule has 0 saturated heterocycles. The molecule has 3 heteroatoms. The zero-order valence-corrected chi connectivity index (χ0v) is 5.83. The molecule has 2 N–H and O–H groups in total. The molecule has 1 amide bonds. The smallest absolute Gasteiger partial charge is 0.255 e. The van der Waals surface area contributed by atoms with Gasteiger partial charge in [-0.2, -0.15) is 0 Å². The van der Waals surface area contributed by atoms with Crippen LogP contribution in [0.25, 0.3) is 0 Å². The van der Waals surface area contributed by atoms with Crippen LogP contribution in [0.3, 0.4) is 0 Å². The number of carbonyl (C=O) groups excluding carboxylic acids is 1. The summed E-state index contributed by atoms with van der Waals surface area (Å²) in [6.07, 6.45) is 0. The van der Waals surface area contributed by atoms with Gasteiger partial charge in [0.2, 0.25) is 0 Å². The predicted molar refractivity (Wildman–Crippen MR) is 38.8 cm³/mol. The highest BCUT2D eigenvalue weighted by Crippen LogP contribution is 2.06. The molecule has 3 nitrogen and oxygen atoms in total. The Morgan fingerprint density at radius 1 is 1.55 bits per heavy atom. The highest BCUT2D eigenvalue weighted by atomic mass is 16.5. The second kappa shape index (κ2) is 3.61. The number of amides is 1. The Morgan fingerprint density at radius 2 is 2.18 bits per heavy atom. The van der Waals surface area contributed by atoms with E-state index in [0.29, 0.717) is 5.75 Å². The molecule has 0 aliphatic heterocycles. The van der Waals surface area contributed by atoms with Crippen LogP contribution in [-0.2, 0) is 4.79 Å². The molecular formula is C8H7NO2. The molecule has 0 bridgehead atoms. The zero-order chi connectivity index (χ0) is 8.10. The van der Waals surface area contributed by atoms with Crippen LogP contribution in [0.4, 0.5) is 0 Å². The Labute approximate surface area is 64.8 Å². The second-order valence-electron chi connectivity index (χ2n) is 1.92. The fourth-order valence-electron chi connectivity index (χ4n) is 0.575. The molecule has 0 atom stereocenters. The number of benzene rings is 1. The van der Waals surface area contributed by atoms with Gasteiger partial charge in [-0.1, -0.05) is 0 Å². The first-order valence-corrected chi connectivity index (χ1v) is 3.07. The minimum absolute atomic E-state index is 0.105. The maximum absolute atomic E-state index is 10.2. The first kappa shape index (κ1) is 7.60. The summed E-state index contributed by atoms with van der Waals surface area (Å²) in [6.45, 7) is -0.105. The third-order valence-electron chi connectivity index (χ3n) is 0.999. The number of nitrogens with two attached hydrogens (primary N) is 1. The normalized spacial score (nSPS) is 9.09. The molecule has 0 unspecified atom stereocenters. The van der Waals surface area contributed by atoms with E-state index in [1.165, 1.54) is 0 Å². The average Bonchev–Trinajstić information content (AvgIpc) is 2.03. The van der Waals surface area contributed by atoms with E-state index in [1.807, 2.05) is 0 Å². The van der Waals surface area contributed by atoms with Crippen molar-refractivity contribution >= 4 is 5.91 Å². The molecule has 0 aliphatic rings. The molecule has 0 fully saturated rings. The minimum atomic E-state index is -0.492. The van der Waals surface area contributed by atoms with Crippen molar-refractivity contribution in [2.45, 2.75) is 0 Å². The van der Waals surface area contributed by atoms with Gasteiger partial charge in [-0.3, -0.25) is 4.79 Å². The molecule has 11 heavy (non-hydrogen) atoms. The highest BCUT2D eigenvalue weighted by molar-refractivity contribution is 5.75. The molecule has 56 valence electrons. The first-order chi connectivity index (χ1) is 5.29. The Hall–Kier alpha value is -1.51. The molecule has 0 spiro atoms. The summed E-state index contributed by atoms with van der Waals surface area (Å²) in [5.41, 5.74) is 4.86. The number of ether oxygens (including phenoxy) is 1. The van der Waals surface area contributed by atoms with Crippen molar-refractivity contribution < 1.29 is 9.53 Å². The van der Waals surface area contributed by atoms with Gasteiger partial charge in [0.1, 0.15) is 5.75 Å². The van der Waals surface area contributed by atoms with Gasteiger partial charge in [-0.05, 0) is 30.3 Å². The molecule has 1 aromatic carbocycles. The Balaban J connectivity index is 2.45. The van der Waals surface area contributed by atoms with Crippen LogP contribution in [0.2, 0.25) is 0 Å². The standard InChI is InChI=1S/C8H7NO2/c9-8(10)6-11-7-4-2-1-3-5-7/h1,4-5H,6H2,(H2,9,10). The quantitative estimate of drug-likeness (QED) is 0.665. The van der Waals surface area contributed by atoms with Gasteiger partial charge >= 0.3 is 0 Å². The van der Waals surface area contributed by atoms with Crippen LogP contribution in [0.15, 0.2) is 18.2 Å². The summed E-state index contributed by atoms with van der Waals surface area (Å²) >= 11 is 0. The lowest BCUT2D eigenvalue weighted by atomic mass is 10.3. The summed E-state index contributed by atoms with van der Waals surface area (Å²) in [7, 11) is 0. The van der Waals surface area contributed by atoms with E-state index in [4.69, 9.17) is 10.5 Å². The number of rotatable bonds is 3. The van der Waals surface area contributed by atoms with Crippen molar-refractivity contribution in [2.24, 2.45) is 5.73 Å². The van der Waals surface area contributed by atoms with E-state index in [-0.39, 0.29) is 6.61 Å². The third-order valence-corrected chi connectivity index (χ3v) is 0.999. The van der Waals surface area contributed by atoms with E-state index in [9.17, 15) is 4.79 Å². The molecule has 0 aliphatic carbocycles. The highest BCUT2D eigenvalue weighted by Gasteiger charge is 1.94. The fraction of sp³-hybridized carbons (Fsp3) is 0.125. The van der Waals surface area contributed by atoms with Gasteiger partial charge in [0, 0.05) is 0 Å². The molecule has 2 radical (unpaired) electrons. The van der Waals surface area contributed by atoms with Gasteiger partial charge in [0.15, 0.2) is 6.61 Å². The van der Waals surface area contributed by atoms with Crippen molar-refractivity contribution in [2.75, 3.05) is 6.61 Å². The van der Waals surface area contributed by atoms with Crippen LogP contribution < -0.4 is 10.5 Å². The van der Waals surface area contributed by atoms with Gasteiger partial charge in [-0.15, -0.1) is 0 Å². The van der Waals surface area contributed by atoms with E-state index in [2.05, 4.69) is 12.1 Å². The van der Waals surface area contributed by atoms with Gasteiger partial charge in [0.05, 0.1) is 0 Å². The largest absolute Gasteiger partial charge is 0.484 e. The summed E-state index contributed by atoms with van der Waals surface area (Å²) in [5, 5.41) is 0. The number of hydrogen-bond donors (Lipinski definition) is 1. The molecule has 1 rings (SSSR count). The SMILES string of the molecule is NC(=O)COc1c[c]c[c]c1. The van der Waals surface area contributed by atoms with E-state index >= 15 is 0 Å². The zero-order valence-electron chi connectivity index (χ0n) is 5.83. The summed E-state index contributed by atoms with van der Waals surface area (Å²) < 4.78 is 4.93.